The Bertz CT molecular complexity index is 666. The predicted molar refractivity (Wildman–Crippen MR) is 161 cm³/mol. The highest BCUT2D eigenvalue weighted by molar-refractivity contribution is 5.70. The number of hydrogen-bond acceptors (Lipinski definition) is 5. The van der Waals surface area contributed by atoms with E-state index in [0.717, 1.165) is 64.2 Å². The number of rotatable bonds is 27. The fraction of sp³-hybridized carbons (Fsp3) is 0.727. The Morgan fingerprint density at radius 2 is 1.21 bits per heavy atom. The van der Waals surface area contributed by atoms with E-state index >= 15 is 0 Å². The van der Waals surface area contributed by atoms with Crippen molar-refractivity contribution in [2.24, 2.45) is 0 Å². The second-order valence-electron chi connectivity index (χ2n) is 10.1. The maximum Gasteiger partial charge on any atom is 0.306 e. The molecule has 0 saturated carbocycles. The lowest BCUT2D eigenvalue weighted by Crippen LogP contribution is -2.26. The van der Waals surface area contributed by atoms with E-state index in [4.69, 9.17) is 9.47 Å². The highest BCUT2D eigenvalue weighted by Gasteiger charge is 2.14. The van der Waals surface area contributed by atoms with Gasteiger partial charge < -0.3 is 14.4 Å². The van der Waals surface area contributed by atoms with Gasteiger partial charge in [-0.25, -0.2) is 0 Å². The first-order valence-corrected chi connectivity index (χ1v) is 15.6. The molecule has 0 aromatic rings. The Balaban J connectivity index is 4.21. The molecule has 6 nitrogen and oxygen atoms in total. The highest BCUT2D eigenvalue weighted by Crippen LogP contribution is 2.13. The van der Waals surface area contributed by atoms with Crippen molar-refractivity contribution in [2.75, 3.05) is 19.7 Å². The van der Waals surface area contributed by atoms with Gasteiger partial charge in [-0.1, -0.05) is 89.3 Å². The van der Waals surface area contributed by atoms with Gasteiger partial charge in [-0.3, -0.25) is 14.4 Å². The molecule has 0 aromatic heterocycles. The van der Waals surface area contributed by atoms with Crippen LogP contribution >= 0.6 is 0 Å². The SMILES string of the molecule is CCC/C=C/CCC(CC/C=C/CCC)OC(=O)CCCN(C=O)CCCC(=O)OC/C=C\CCCCCC. The van der Waals surface area contributed by atoms with Gasteiger partial charge in [0.25, 0.3) is 0 Å². The molecular weight excluding hydrogens is 490 g/mol. The fourth-order valence-corrected chi connectivity index (χ4v) is 4.03. The molecule has 0 aliphatic rings. The van der Waals surface area contributed by atoms with Crippen LogP contribution in [0.1, 0.15) is 130 Å². The molecule has 224 valence electrons. The molecule has 39 heavy (non-hydrogen) atoms. The average Bonchev–Trinajstić information content (AvgIpc) is 2.93. The lowest BCUT2D eigenvalue weighted by atomic mass is 10.1. The minimum absolute atomic E-state index is 0.0841. The average molecular weight is 548 g/mol. The number of carbonyl (C=O) groups excluding carboxylic acids is 3. The topological polar surface area (TPSA) is 72.9 Å². The van der Waals surface area contributed by atoms with Gasteiger partial charge in [-0.05, 0) is 64.2 Å². The quantitative estimate of drug-likeness (QED) is 0.0448. The molecule has 0 aromatic carbocycles. The molecule has 0 atom stereocenters. The van der Waals surface area contributed by atoms with Crippen LogP contribution in [0.15, 0.2) is 36.5 Å². The van der Waals surface area contributed by atoms with E-state index in [0.29, 0.717) is 32.5 Å². The third-order valence-electron chi connectivity index (χ3n) is 6.39. The summed E-state index contributed by atoms with van der Waals surface area (Å²) in [5.41, 5.74) is 0. The number of hydrogen-bond donors (Lipinski definition) is 0. The molecule has 0 radical (unpaired) electrons. The first-order valence-electron chi connectivity index (χ1n) is 15.6. The fourth-order valence-electron chi connectivity index (χ4n) is 4.03. The number of esters is 2. The minimum atomic E-state index is -0.250. The van der Waals surface area contributed by atoms with Gasteiger partial charge in [-0.15, -0.1) is 0 Å². The molecule has 0 spiro atoms. The maximum atomic E-state index is 12.5. The van der Waals surface area contributed by atoms with E-state index in [-0.39, 0.29) is 30.9 Å². The van der Waals surface area contributed by atoms with Crippen LogP contribution in [0.25, 0.3) is 0 Å². The van der Waals surface area contributed by atoms with Crippen LogP contribution in [0.4, 0.5) is 0 Å². The maximum absolute atomic E-state index is 12.5. The van der Waals surface area contributed by atoms with E-state index in [1.165, 1.54) is 25.7 Å². The smallest absolute Gasteiger partial charge is 0.306 e. The summed E-state index contributed by atoms with van der Waals surface area (Å²) >= 11 is 0. The number of nitrogens with zero attached hydrogens (tertiary/aromatic N) is 1. The van der Waals surface area contributed by atoms with Gasteiger partial charge in [0.15, 0.2) is 0 Å². The van der Waals surface area contributed by atoms with Crippen LogP contribution in [0, 0.1) is 0 Å². The summed E-state index contributed by atoms with van der Waals surface area (Å²) < 4.78 is 11.0. The van der Waals surface area contributed by atoms with Crippen LogP contribution in [0.3, 0.4) is 0 Å². The second-order valence-corrected chi connectivity index (χ2v) is 10.1. The largest absolute Gasteiger partial charge is 0.462 e. The predicted octanol–water partition coefficient (Wildman–Crippen LogP) is 8.26. The Kier molecular flexibility index (Phi) is 26.9. The minimum Gasteiger partial charge on any atom is -0.462 e. The molecule has 0 heterocycles. The number of amides is 1. The zero-order valence-electron chi connectivity index (χ0n) is 25.2. The molecule has 0 fully saturated rings. The van der Waals surface area contributed by atoms with Crippen molar-refractivity contribution in [1.82, 2.24) is 4.90 Å². The summed E-state index contributed by atoms with van der Waals surface area (Å²) in [6.07, 6.45) is 28.9. The van der Waals surface area contributed by atoms with E-state index < -0.39 is 0 Å². The molecule has 0 rings (SSSR count). The van der Waals surface area contributed by atoms with Crippen LogP contribution < -0.4 is 0 Å². The van der Waals surface area contributed by atoms with Crippen molar-refractivity contribution >= 4 is 18.3 Å². The molecule has 0 bridgehead atoms. The Morgan fingerprint density at radius 1 is 0.641 bits per heavy atom. The van der Waals surface area contributed by atoms with Crippen LogP contribution in [-0.2, 0) is 23.9 Å². The van der Waals surface area contributed by atoms with Gasteiger partial charge in [-0.2, -0.15) is 0 Å². The molecular formula is C33H57NO5. The lowest BCUT2D eigenvalue weighted by molar-refractivity contribution is -0.150. The number of unbranched alkanes of at least 4 members (excludes halogenated alkanes) is 6. The van der Waals surface area contributed by atoms with E-state index in [1.807, 2.05) is 6.08 Å². The third-order valence-corrected chi connectivity index (χ3v) is 6.39. The zero-order chi connectivity index (χ0) is 28.8. The number of ether oxygens (including phenoxy) is 2. The van der Waals surface area contributed by atoms with Crippen molar-refractivity contribution in [3.8, 4) is 0 Å². The van der Waals surface area contributed by atoms with E-state index in [1.54, 1.807) is 4.90 Å². The summed E-state index contributed by atoms with van der Waals surface area (Å²) in [6.45, 7) is 7.76. The monoisotopic (exact) mass is 547 g/mol. The van der Waals surface area contributed by atoms with Crippen molar-refractivity contribution in [3.05, 3.63) is 36.5 Å². The Morgan fingerprint density at radius 3 is 1.77 bits per heavy atom. The van der Waals surface area contributed by atoms with Gasteiger partial charge in [0.05, 0.1) is 0 Å². The number of allylic oxidation sites excluding steroid dienone is 5. The molecule has 0 aliphatic heterocycles. The van der Waals surface area contributed by atoms with Crippen molar-refractivity contribution < 1.29 is 23.9 Å². The molecule has 0 N–H and O–H groups in total. The van der Waals surface area contributed by atoms with Crippen LogP contribution in [0.2, 0.25) is 0 Å². The van der Waals surface area contributed by atoms with Gasteiger partial charge >= 0.3 is 11.9 Å². The second kappa shape index (κ2) is 28.6. The van der Waals surface area contributed by atoms with Crippen molar-refractivity contribution in [2.45, 2.75) is 136 Å². The summed E-state index contributed by atoms with van der Waals surface area (Å²) in [5.74, 6) is -0.455. The zero-order valence-corrected chi connectivity index (χ0v) is 25.2. The Hall–Kier alpha value is -2.37. The summed E-state index contributed by atoms with van der Waals surface area (Å²) in [4.78, 5) is 37.4. The molecule has 1 amide bonds. The van der Waals surface area contributed by atoms with Crippen molar-refractivity contribution in [1.29, 1.82) is 0 Å². The van der Waals surface area contributed by atoms with Crippen LogP contribution in [0.5, 0.6) is 0 Å². The summed E-state index contributed by atoms with van der Waals surface area (Å²) in [7, 11) is 0. The van der Waals surface area contributed by atoms with Gasteiger partial charge in [0.2, 0.25) is 6.41 Å². The Labute approximate surface area is 239 Å². The van der Waals surface area contributed by atoms with E-state index in [9.17, 15) is 14.4 Å². The number of carbonyl (C=O) groups is 3. The third kappa shape index (κ3) is 25.7. The molecule has 6 heteroatoms. The highest BCUT2D eigenvalue weighted by atomic mass is 16.5. The molecule has 0 unspecified atom stereocenters. The standard InChI is InChI=1S/C33H57NO5/c1-4-7-10-13-14-17-20-29-38-32(36)25-21-27-34(30-35)28-22-26-33(37)39-31(23-18-15-11-8-5-2)24-19-16-12-9-6-3/h11-12,15-17,20,30-31H,4-10,13-14,18-19,21-29H2,1-3H3/b15-11+,16-12+,20-17-. The first-order chi connectivity index (χ1) is 19.1. The summed E-state index contributed by atoms with van der Waals surface area (Å²) in [5, 5.41) is 0. The molecule has 0 aliphatic carbocycles. The normalized spacial score (nSPS) is 11.7. The van der Waals surface area contributed by atoms with Gasteiger partial charge in [0.1, 0.15) is 12.7 Å². The molecule has 0 saturated heterocycles. The van der Waals surface area contributed by atoms with Gasteiger partial charge in [0, 0.05) is 25.9 Å². The lowest BCUT2D eigenvalue weighted by Gasteiger charge is -2.19. The summed E-state index contributed by atoms with van der Waals surface area (Å²) in [6, 6.07) is 0. The van der Waals surface area contributed by atoms with E-state index in [2.05, 4.69) is 51.2 Å². The van der Waals surface area contributed by atoms with Crippen LogP contribution in [-0.4, -0.2) is 49.0 Å². The van der Waals surface area contributed by atoms with Crippen molar-refractivity contribution in [3.63, 3.8) is 0 Å². The first kappa shape index (κ1) is 36.6.